The van der Waals surface area contributed by atoms with E-state index < -0.39 is 17.7 Å². The van der Waals surface area contributed by atoms with E-state index in [1.54, 1.807) is 55.5 Å². The number of hydrogen-bond acceptors (Lipinski definition) is 5. The SMILES string of the molecule is CC[NH+](CC)CCN1C(=O)C(=O)C(=C(O)c2ccc(OC)cc2)[C@@H]1c1ccc(OC)cc1. The minimum Gasteiger partial charge on any atom is -0.507 e. The molecule has 1 heterocycles. The average molecular weight is 440 g/mol. The van der Waals surface area contributed by atoms with Gasteiger partial charge in [-0.15, -0.1) is 0 Å². The van der Waals surface area contributed by atoms with E-state index in [0.29, 0.717) is 23.6 Å². The highest BCUT2D eigenvalue weighted by molar-refractivity contribution is 6.46. The van der Waals surface area contributed by atoms with Crippen LogP contribution in [-0.2, 0) is 9.59 Å². The lowest BCUT2D eigenvalue weighted by Gasteiger charge is -2.27. The van der Waals surface area contributed by atoms with Crippen LogP contribution in [0.3, 0.4) is 0 Å². The van der Waals surface area contributed by atoms with Crippen molar-refractivity contribution in [1.82, 2.24) is 4.90 Å². The van der Waals surface area contributed by atoms with Crippen molar-refractivity contribution in [3.63, 3.8) is 0 Å². The lowest BCUT2D eigenvalue weighted by Crippen LogP contribution is -3.12. The number of carbonyl (C=O) groups excluding carboxylic acids is 2. The molecule has 0 saturated carbocycles. The summed E-state index contributed by atoms with van der Waals surface area (Å²) in [5.41, 5.74) is 1.30. The molecule has 2 aromatic rings. The number of Topliss-reactive ketones (excluding diaryl/α,β-unsaturated/α-hetero) is 1. The molecule has 1 atom stereocenters. The van der Waals surface area contributed by atoms with Crippen LogP contribution in [0.2, 0.25) is 0 Å². The van der Waals surface area contributed by atoms with Gasteiger partial charge in [0.05, 0.1) is 52.0 Å². The topological polar surface area (TPSA) is 80.5 Å². The molecule has 0 aromatic heterocycles. The molecular formula is C25H31N2O5+. The number of ether oxygens (including phenoxy) is 2. The molecule has 2 aromatic carbocycles. The fourth-order valence-corrected chi connectivity index (χ4v) is 4.03. The Labute approximate surface area is 188 Å². The van der Waals surface area contributed by atoms with Crippen molar-refractivity contribution in [2.24, 2.45) is 0 Å². The number of nitrogens with one attached hydrogen (secondary N) is 1. The van der Waals surface area contributed by atoms with Crippen LogP contribution in [0, 0.1) is 0 Å². The Morgan fingerprint density at radius 2 is 1.47 bits per heavy atom. The van der Waals surface area contributed by atoms with Crippen LogP contribution in [0.5, 0.6) is 11.5 Å². The van der Waals surface area contributed by atoms with Crippen LogP contribution >= 0.6 is 0 Å². The summed E-state index contributed by atoms with van der Waals surface area (Å²) in [6.45, 7) is 7.18. The van der Waals surface area contributed by atoms with Gasteiger partial charge in [0.25, 0.3) is 11.7 Å². The largest absolute Gasteiger partial charge is 0.507 e. The second kappa shape index (κ2) is 10.3. The molecule has 1 amide bonds. The van der Waals surface area contributed by atoms with E-state index in [1.807, 2.05) is 12.1 Å². The van der Waals surface area contributed by atoms with Gasteiger partial charge >= 0.3 is 0 Å². The van der Waals surface area contributed by atoms with Crippen LogP contribution in [0.1, 0.15) is 31.0 Å². The van der Waals surface area contributed by atoms with Gasteiger partial charge in [0, 0.05) is 5.56 Å². The van der Waals surface area contributed by atoms with Crippen molar-refractivity contribution in [3.8, 4) is 11.5 Å². The summed E-state index contributed by atoms with van der Waals surface area (Å²) in [7, 11) is 3.14. The van der Waals surface area contributed by atoms with Crippen molar-refractivity contribution in [3.05, 3.63) is 65.2 Å². The molecule has 0 bridgehead atoms. The van der Waals surface area contributed by atoms with Crippen molar-refractivity contribution in [1.29, 1.82) is 0 Å². The monoisotopic (exact) mass is 439 g/mol. The molecule has 2 N–H and O–H groups in total. The van der Waals surface area contributed by atoms with Crippen molar-refractivity contribution in [2.45, 2.75) is 19.9 Å². The Morgan fingerprint density at radius 3 is 1.97 bits per heavy atom. The van der Waals surface area contributed by atoms with E-state index in [1.165, 1.54) is 4.90 Å². The summed E-state index contributed by atoms with van der Waals surface area (Å²) in [6, 6.07) is 13.3. The number of methoxy groups -OCH3 is 2. The van der Waals surface area contributed by atoms with E-state index in [4.69, 9.17) is 9.47 Å². The molecule has 1 saturated heterocycles. The smallest absolute Gasteiger partial charge is 0.295 e. The first kappa shape index (κ1) is 23.3. The number of rotatable bonds is 9. The minimum atomic E-state index is -0.673. The molecule has 1 fully saturated rings. The third kappa shape index (κ3) is 4.62. The number of quaternary nitrogens is 1. The number of aliphatic hydroxyl groups excluding tert-OH is 1. The number of benzene rings is 2. The van der Waals surface area contributed by atoms with Gasteiger partial charge in [-0.3, -0.25) is 9.59 Å². The fraction of sp³-hybridized carbons (Fsp3) is 0.360. The first-order valence-corrected chi connectivity index (χ1v) is 10.8. The molecule has 0 aliphatic carbocycles. The number of aliphatic hydroxyl groups is 1. The fourth-order valence-electron chi connectivity index (χ4n) is 4.03. The zero-order chi connectivity index (χ0) is 23.3. The zero-order valence-corrected chi connectivity index (χ0v) is 19.1. The third-order valence-electron chi connectivity index (χ3n) is 6.04. The predicted molar refractivity (Wildman–Crippen MR) is 122 cm³/mol. The molecule has 0 unspecified atom stereocenters. The number of hydrogen-bond donors (Lipinski definition) is 2. The van der Waals surface area contributed by atoms with Crippen molar-refractivity contribution >= 4 is 17.4 Å². The summed E-state index contributed by atoms with van der Waals surface area (Å²) in [4.78, 5) is 29.0. The highest BCUT2D eigenvalue weighted by Gasteiger charge is 2.46. The lowest BCUT2D eigenvalue weighted by molar-refractivity contribution is -0.895. The van der Waals surface area contributed by atoms with Gasteiger partial charge < -0.3 is 24.4 Å². The lowest BCUT2D eigenvalue weighted by atomic mass is 9.95. The Kier molecular flexibility index (Phi) is 7.53. The standard InChI is InChI=1S/C25H30N2O5/c1-5-26(6-2)15-16-27-22(17-7-11-19(31-3)12-8-17)21(24(29)25(27)30)23(28)18-9-13-20(32-4)14-10-18/h7-14,22,28H,5-6,15-16H2,1-4H3/p+1/t22-/m0/s1. The van der Waals surface area contributed by atoms with Gasteiger partial charge in [-0.25, -0.2) is 0 Å². The molecule has 0 radical (unpaired) electrons. The highest BCUT2D eigenvalue weighted by Crippen LogP contribution is 2.39. The molecule has 170 valence electrons. The van der Waals surface area contributed by atoms with E-state index in [2.05, 4.69) is 13.8 Å². The van der Waals surface area contributed by atoms with Crippen LogP contribution in [0.15, 0.2) is 54.1 Å². The Hall–Kier alpha value is -3.32. The van der Waals surface area contributed by atoms with E-state index >= 15 is 0 Å². The maximum atomic E-state index is 13.1. The molecule has 0 spiro atoms. The number of carbonyl (C=O) groups is 2. The van der Waals surface area contributed by atoms with Gasteiger partial charge in [0.15, 0.2) is 0 Å². The maximum absolute atomic E-state index is 13.1. The molecule has 1 aliphatic rings. The Bertz CT molecular complexity index is 978. The third-order valence-corrected chi connectivity index (χ3v) is 6.04. The summed E-state index contributed by atoms with van der Waals surface area (Å²) in [5.74, 6) is -0.144. The number of amides is 1. The molecule has 32 heavy (non-hydrogen) atoms. The van der Waals surface area contributed by atoms with Crippen molar-refractivity contribution in [2.75, 3.05) is 40.4 Å². The summed E-state index contributed by atoms with van der Waals surface area (Å²) >= 11 is 0. The minimum absolute atomic E-state index is 0.0971. The van der Waals surface area contributed by atoms with E-state index in [-0.39, 0.29) is 11.3 Å². The van der Waals surface area contributed by atoms with Gasteiger partial charge in [0.1, 0.15) is 17.3 Å². The number of ketones is 1. The van der Waals surface area contributed by atoms with Crippen LogP contribution in [0.25, 0.3) is 5.76 Å². The van der Waals surface area contributed by atoms with Gasteiger partial charge in [-0.05, 0) is 55.8 Å². The molecular weight excluding hydrogens is 408 g/mol. The van der Waals surface area contributed by atoms with Crippen molar-refractivity contribution < 1.29 is 29.1 Å². The number of nitrogens with zero attached hydrogens (tertiary/aromatic N) is 1. The number of likely N-dealkylation sites (tertiary alicyclic amines) is 1. The molecule has 7 nitrogen and oxygen atoms in total. The second-order valence-corrected chi connectivity index (χ2v) is 7.70. The van der Waals surface area contributed by atoms with Gasteiger partial charge in [-0.2, -0.15) is 0 Å². The first-order chi connectivity index (χ1) is 15.4. The van der Waals surface area contributed by atoms with Crippen LogP contribution in [0.4, 0.5) is 0 Å². The van der Waals surface area contributed by atoms with Crippen LogP contribution < -0.4 is 14.4 Å². The molecule has 3 rings (SSSR count). The quantitative estimate of drug-likeness (QED) is 0.355. The second-order valence-electron chi connectivity index (χ2n) is 7.70. The average Bonchev–Trinajstić information content (AvgIpc) is 3.09. The first-order valence-electron chi connectivity index (χ1n) is 10.8. The van der Waals surface area contributed by atoms with E-state index in [0.717, 1.165) is 25.2 Å². The zero-order valence-electron chi connectivity index (χ0n) is 19.1. The Morgan fingerprint density at radius 1 is 0.938 bits per heavy atom. The summed E-state index contributed by atoms with van der Waals surface area (Å²) in [5, 5.41) is 11.1. The molecule has 1 aliphatic heterocycles. The van der Waals surface area contributed by atoms with Gasteiger partial charge in [0.2, 0.25) is 0 Å². The Balaban J connectivity index is 2.07. The van der Waals surface area contributed by atoms with Gasteiger partial charge in [-0.1, -0.05) is 12.1 Å². The summed E-state index contributed by atoms with van der Waals surface area (Å²) < 4.78 is 10.4. The summed E-state index contributed by atoms with van der Waals surface area (Å²) in [6.07, 6.45) is 0. The normalized spacial score (nSPS) is 17.8. The van der Waals surface area contributed by atoms with E-state index in [9.17, 15) is 14.7 Å². The highest BCUT2D eigenvalue weighted by atomic mass is 16.5. The number of likely N-dealkylation sites (N-methyl/N-ethyl adjacent to an activating group) is 1. The maximum Gasteiger partial charge on any atom is 0.295 e. The van der Waals surface area contributed by atoms with Crippen LogP contribution in [-0.4, -0.2) is 62.1 Å². The predicted octanol–water partition coefficient (Wildman–Crippen LogP) is 2.05. The molecule has 7 heteroatoms.